The molecule has 3 nitrogen and oxygen atoms in total. The van der Waals surface area contributed by atoms with Crippen molar-refractivity contribution < 1.29 is 14.0 Å². The average Bonchev–Trinajstić information content (AvgIpc) is 2.52. The van der Waals surface area contributed by atoms with Crippen molar-refractivity contribution in [3.63, 3.8) is 0 Å². The van der Waals surface area contributed by atoms with Crippen molar-refractivity contribution >= 4 is 11.7 Å². The maximum atomic E-state index is 12.8. The van der Waals surface area contributed by atoms with Gasteiger partial charge in [0, 0.05) is 24.9 Å². The van der Waals surface area contributed by atoms with Crippen LogP contribution in [0.3, 0.4) is 0 Å². The SMILES string of the molecule is O=C(CCC(=O)c1ccc(F)cc1)NCC1CCCCC1. The van der Waals surface area contributed by atoms with Crippen LogP contribution in [0.1, 0.15) is 55.3 Å². The molecule has 1 aromatic rings. The van der Waals surface area contributed by atoms with E-state index in [1.807, 2.05) is 0 Å². The lowest BCUT2D eigenvalue weighted by Crippen LogP contribution is -2.30. The van der Waals surface area contributed by atoms with E-state index < -0.39 is 0 Å². The first-order chi connectivity index (χ1) is 10.1. The van der Waals surface area contributed by atoms with E-state index in [1.54, 1.807) is 0 Å². The zero-order valence-electron chi connectivity index (χ0n) is 12.2. The van der Waals surface area contributed by atoms with Gasteiger partial charge in [0.2, 0.25) is 5.91 Å². The van der Waals surface area contributed by atoms with Crippen LogP contribution in [0.25, 0.3) is 0 Å². The topological polar surface area (TPSA) is 46.2 Å². The number of carbonyl (C=O) groups excluding carboxylic acids is 2. The summed E-state index contributed by atoms with van der Waals surface area (Å²) in [6.07, 6.45) is 6.55. The summed E-state index contributed by atoms with van der Waals surface area (Å²) in [5, 5.41) is 2.92. The number of ketones is 1. The highest BCUT2D eigenvalue weighted by Gasteiger charge is 2.15. The van der Waals surface area contributed by atoms with Gasteiger partial charge in [-0.15, -0.1) is 0 Å². The Balaban J connectivity index is 1.68. The van der Waals surface area contributed by atoms with Crippen LogP contribution in [0.5, 0.6) is 0 Å². The van der Waals surface area contributed by atoms with Gasteiger partial charge < -0.3 is 5.32 Å². The van der Waals surface area contributed by atoms with Crippen molar-refractivity contribution in [3.05, 3.63) is 35.6 Å². The van der Waals surface area contributed by atoms with Crippen molar-refractivity contribution in [2.75, 3.05) is 6.54 Å². The summed E-state index contributed by atoms with van der Waals surface area (Å²) in [5.41, 5.74) is 0.455. The second-order valence-electron chi connectivity index (χ2n) is 5.74. The maximum absolute atomic E-state index is 12.8. The minimum atomic E-state index is -0.364. The summed E-state index contributed by atoms with van der Waals surface area (Å²) in [6, 6.07) is 5.43. The molecule has 0 atom stereocenters. The number of halogens is 1. The van der Waals surface area contributed by atoms with Crippen LogP contribution in [0.2, 0.25) is 0 Å². The van der Waals surface area contributed by atoms with Gasteiger partial charge in [0.15, 0.2) is 5.78 Å². The number of rotatable bonds is 6. The van der Waals surface area contributed by atoms with E-state index in [4.69, 9.17) is 0 Å². The Hall–Kier alpha value is -1.71. The highest BCUT2D eigenvalue weighted by atomic mass is 19.1. The smallest absolute Gasteiger partial charge is 0.220 e. The van der Waals surface area contributed by atoms with E-state index in [2.05, 4.69) is 5.32 Å². The lowest BCUT2D eigenvalue weighted by Gasteiger charge is -2.21. The number of benzene rings is 1. The van der Waals surface area contributed by atoms with Crippen molar-refractivity contribution in [1.82, 2.24) is 5.32 Å². The van der Waals surface area contributed by atoms with Crippen molar-refractivity contribution in [2.45, 2.75) is 44.9 Å². The first-order valence-electron chi connectivity index (χ1n) is 7.70. The van der Waals surface area contributed by atoms with E-state index in [-0.39, 0.29) is 30.3 Å². The third kappa shape index (κ3) is 5.29. The second-order valence-corrected chi connectivity index (χ2v) is 5.74. The number of hydrogen-bond donors (Lipinski definition) is 1. The summed E-state index contributed by atoms with van der Waals surface area (Å²) in [6.45, 7) is 0.726. The molecular weight excluding hydrogens is 269 g/mol. The molecule has 0 bridgehead atoms. The molecule has 4 heteroatoms. The molecule has 1 fully saturated rings. The molecule has 0 heterocycles. The van der Waals surface area contributed by atoms with Gasteiger partial charge in [0.05, 0.1) is 0 Å². The van der Waals surface area contributed by atoms with Crippen molar-refractivity contribution in [1.29, 1.82) is 0 Å². The van der Waals surface area contributed by atoms with Crippen LogP contribution in [0, 0.1) is 11.7 Å². The highest BCUT2D eigenvalue weighted by Crippen LogP contribution is 2.22. The van der Waals surface area contributed by atoms with Gasteiger partial charge in [0.1, 0.15) is 5.82 Å². The van der Waals surface area contributed by atoms with Crippen molar-refractivity contribution in [3.8, 4) is 0 Å². The Morgan fingerprint density at radius 2 is 1.71 bits per heavy atom. The van der Waals surface area contributed by atoms with E-state index in [0.29, 0.717) is 11.5 Å². The van der Waals surface area contributed by atoms with Gasteiger partial charge >= 0.3 is 0 Å². The Morgan fingerprint density at radius 1 is 1.05 bits per heavy atom. The zero-order valence-corrected chi connectivity index (χ0v) is 12.2. The summed E-state index contributed by atoms with van der Waals surface area (Å²) < 4.78 is 12.8. The number of carbonyl (C=O) groups is 2. The molecule has 0 aliphatic heterocycles. The van der Waals surface area contributed by atoms with Gasteiger partial charge in [-0.3, -0.25) is 9.59 Å². The molecule has 1 aromatic carbocycles. The van der Waals surface area contributed by atoms with Gasteiger partial charge in [-0.05, 0) is 43.0 Å². The summed E-state index contributed by atoms with van der Waals surface area (Å²) in [4.78, 5) is 23.6. The molecule has 114 valence electrons. The van der Waals surface area contributed by atoms with Gasteiger partial charge in [-0.25, -0.2) is 4.39 Å². The number of amides is 1. The Bertz CT molecular complexity index is 478. The predicted octanol–water partition coefficient (Wildman–Crippen LogP) is 3.49. The van der Waals surface area contributed by atoms with E-state index >= 15 is 0 Å². The first kappa shape index (κ1) is 15.7. The van der Waals surface area contributed by atoms with Crippen LogP contribution in [0.15, 0.2) is 24.3 Å². The summed E-state index contributed by atoms with van der Waals surface area (Å²) >= 11 is 0. The molecule has 1 aliphatic carbocycles. The molecular formula is C17H22FNO2. The molecule has 0 spiro atoms. The lowest BCUT2D eigenvalue weighted by atomic mass is 9.89. The quantitative estimate of drug-likeness (QED) is 0.816. The third-order valence-corrected chi connectivity index (χ3v) is 4.06. The van der Waals surface area contributed by atoms with Crippen LogP contribution >= 0.6 is 0 Å². The van der Waals surface area contributed by atoms with E-state index in [9.17, 15) is 14.0 Å². The maximum Gasteiger partial charge on any atom is 0.220 e. The van der Waals surface area contributed by atoms with Gasteiger partial charge in [-0.1, -0.05) is 19.3 Å². The Labute approximate surface area is 124 Å². The fourth-order valence-corrected chi connectivity index (χ4v) is 2.75. The standard InChI is InChI=1S/C17H22FNO2/c18-15-8-6-14(7-9-15)16(20)10-11-17(21)19-12-13-4-2-1-3-5-13/h6-9,13H,1-5,10-12H2,(H,19,21). The van der Waals surface area contributed by atoms with Gasteiger partial charge in [-0.2, -0.15) is 0 Å². The number of hydrogen-bond acceptors (Lipinski definition) is 2. The molecule has 1 aliphatic rings. The number of Topliss-reactive ketones (excluding diaryl/α,β-unsaturated/α-hetero) is 1. The van der Waals surface area contributed by atoms with E-state index in [0.717, 1.165) is 6.54 Å². The summed E-state index contributed by atoms with van der Waals surface area (Å²) in [5.74, 6) is 0.0335. The third-order valence-electron chi connectivity index (χ3n) is 4.06. The molecule has 1 N–H and O–H groups in total. The number of nitrogens with one attached hydrogen (secondary N) is 1. The lowest BCUT2D eigenvalue weighted by molar-refractivity contribution is -0.121. The van der Waals surface area contributed by atoms with Gasteiger partial charge in [0.25, 0.3) is 0 Å². The second kappa shape index (κ2) is 7.91. The van der Waals surface area contributed by atoms with Crippen LogP contribution in [-0.2, 0) is 4.79 Å². The van der Waals surface area contributed by atoms with Crippen molar-refractivity contribution in [2.24, 2.45) is 5.92 Å². The Kier molecular flexibility index (Phi) is 5.90. The minimum Gasteiger partial charge on any atom is -0.356 e. The van der Waals surface area contributed by atoms with Crippen LogP contribution in [0.4, 0.5) is 4.39 Å². The first-order valence-corrected chi connectivity index (χ1v) is 7.70. The zero-order chi connectivity index (χ0) is 15.1. The molecule has 0 saturated heterocycles. The van der Waals surface area contributed by atoms with E-state index in [1.165, 1.54) is 56.4 Å². The molecule has 0 aromatic heterocycles. The van der Waals surface area contributed by atoms with Crippen LogP contribution < -0.4 is 5.32 Å². The predicted molar refractivity (Wildman–Crippen MR) is 79.5 cm³/mol. The largest absolute Gasteiger partial charge is 0.356 e. The Morgan fingerprint density at radius 3 is 2.38 bits per heavy atom. The highest BCUT2D eigenvalue weighted by molar-refractivity contribution is 5.97. The molecule has 2 rings (SSSR count). The monoisotopic (exact) mass is 291 g/mol. The molecule has 1 amide bonds. The minimum absolute atomic E-state index is 0.0731. The normalized spacial score (nSPS) is 15.7. The molecule has 0 radical (unpaired) electrons. The van der Waals surface area contributed by atoms with Crippen LogP contribution in [-0.4, -0.2) is 18.2 Å². The molecule has 0 unspecified atom stereocenters. The average molecular weight is 291 g/mol. The molecule has 21 heavy (non-hydrogen) atoms. The fraction of sp³-hybridized carbons (Fsp3) is 0.529. The summed E-state index contributed by atoms with van der Waals surface area (Å²) in [7, 11) is 0. The molecule has 1 saturated carbocycles. The fourth-order valence-electron chi connectivity index (χ4n) is 2.75.